The van der Waals surface area contributed by atoms with Crippen molar-refractivity contribution in [2.24, 2.45) is 17.6 Å². The first-order valence-corrected chi connectivity index (χ1v) is 12.9. The van der Waals surface area contributed by atoms with Gasteiger partial charge in [0.25, 0.3) is 5.91 Å². The van der Waals surface area contributed by atoms with E-state index in [4.69, 9.17) is 5.73 Å². The summed E-state index contributed by atoms with van der Waals surface area (Å²) in [6.45, 7) is 0. The number of carbonyl (C=O) groups is 3. The third-order valence-electron chi connectivity index (χ3n) is 8.66. The first kappa shape index (κ1) is 26.6. The summed E-state index contributed by atoms with van der Waals surface area (Å²) in [6, 6.07) is 9.44. The van der Waals surface area contributed by atoms with E-state index in [9.17, 15) is 39.2 Å². The van der Waals surface area contributed by atoms with Crippen LogP contribution in [0.15, 0.2) is 65.6 Å². The number of carbonyl (C=O) groups excluding carboxylic acids is 3. The number of hydrogen-bond acceptors (Lipinski definition) is 9. The highest BCUT2D eigenvalue weighted by atomic mass is 19.1. The number of rotatable bonds is 3. The Balaban J connectivity index is 1.69. The summed E-state index contributed by atoms with van der Waals surface area (Å²) in [5, 5.41) is 46.4. The average molecular weight is 560 g/mol. The number of amides is 1. The highest BCUT2D eigenvalue weighted by molar-refractivity contribution is 6.24. The van der Waals surface area contributed by atoms with Crippen molar-refractivity contribution in [2.45, 2.75) is 24.0 Å². The fourth-order valence-electron chi connectivity index (χ4n) is 6.96. The number of fused-ring (bicyclic) bond motifs is 4. The van der Waals surface area contributed by atoms with Crippen LogP contribution in [0.1, 0.15) is 29.0 Å². The van der Waals surface area contributed by atoms with Crippen LogP contribution in [-0.2, 0) is 14.4 Å². The number of aliphatic hydroxyl groups is 3. The minimum Gasteiger partial charge on any atom is -0.508 e. The number of ketones is 2. The fraction of sp³-hybridized carbons (Fsp3) is 0.267. The molecule has 1 fully saturated rings. The number of phenolic OH excluding ortho intramolecular Hbond substituents is 1. The second kappa shape index (κ2) is 8.95. The Labute approximate surface area is 232 Å². The van der Waals surface area contributed by atoms with Crippen molar-refractivity contribution in [3.63, 3.8) is 0 Å². The molecule has 1 amide bonds. The highest BCUT2D eigenvalue weighted by Gasteiger charge is 2.65. The summed E-state index contributed by atoms with van der Waals surface area (Å²) in [6.07, 6.45) is 1.34. The van der Waals surface area contributed by atoms with Gasteiger partial charge in [0.05, 0.1) is 11.6 Å². The highest BCUT2D eigenvalue weighted by Crippen LogP contribution is 2.58. The van der Waals surface area contributed by atoms with E-state index in [0.717, 1.165) is 0 Å². The molecule has 3 aromatic rings. The van der Waals surface area contributed by atoms with Gasteiger partial charge in [-0.25, -0.2) is 4.39 Å². The van der Waals surface area contributed by atoms with Crippen LogP contribution >= 0.6 is 0 Å². The number of pyridine rings is 1. The smallest absolute Gasteiger partial charge is 0.255 e. The number of nitrogens with two attached hydrogens (primary N) is 1. The monoisotopic (exact) mass is 559 g/mol. The van der Waals surface area contributed by atoms with Gasteiger partial charge in [0.1, 0.15) is 28.4 Å². The average Bonchev–Trinajstić information content (AvgIpc) is 2.91. The Morgan fingerprint density at radius 1 is 1.12 bits per heavy atom. The minimum absolute atomic E-state index is 0.0955. The number of aromatic hydroxyl groups is 1. The number of Topliss-reactive ketones (excluding diaryl/α,β-unsaturated/α-hetero) is 2. The molecule has 6 rings (SSSR count). The van der Waals surface area contributed by atoms with Gasteiger partial charge in [-0.2, -0.15) is 0 Å². The molecule has 0 radical (unpaired) electrons. The van der Waals surface area contributed by atoms with Crippen LogP contribution < -0.4 is 5.73 Å². The number of primary amides is 1. The molecule has 3 aliphatic carbocycles. The number of nitrogens with zero attached hydrogens (tertiary/aromatic N) is 2. The number of aliphatic hydroxyl groups excluding tert-OH is 2. The van der Waals surface area contributed by atoms with Gasteiger partial charge in [-0.15, -0.1) is 0 Å². The van der Waals surface area contributed by atoms with E-state index in [1.165, 1.54) is 49.5 Å². The van der Waals surface area contributed by atoms with Crippen LogP contribution in [0.3, 0.4) is 0 Å². The number of benzene rings is 2. The van der Waals surface area contributed by atoms with E-state index in [2.05, 4.69) is 4.98 Å². The lowest BCUT2D eigenvalue weighted by molar-refractivity contribution is -0.154. The molecule has 0 spiro atoms. The molecule has 2 aromatic carbocycles. The summed E-state index contributed by atoms with van der Waals surface area (Å²) in [7, 11) is 3.06. The van der Waals surface area contributed by atoms with Gasteiger partial charge in [-0.3, -0.25) is 24.3 Å². The molecule has 0 saturated heterocycles. The van der Waals surface area contributed by atoms with Crippen molar-refractivity contribution in [3.05, 3.63) is 88.1 Å². The molecule has 41 heavy (non-hydrogen) atoms. The van der Waals surface area contributed by atoms with Crippen LogP contribution in [0.5, 0.6) is 5.75 Å². The van der Waals surface area contributed by atoms with Crippen molar-refractivity contribution in [1.82, 2.24) is 9.88 Å². The van der Waals surface area contributed by atoms with Crippen molar-refractivity contribution in [2.75, 3.05) is 14.1 Å². The number of likely N-dealkylation sites (N-methyl/N-ethyl adjacent to an activating group) is 1. The molecule has 6 N–H and O–H groups in total. The molecule has 1 saturated carbocycles. The maximum absolute atomic E-state index is 14.3. The lowest BCUT2D eigenvalue weighted by atomic mass is 9.54. The number of halogens is 1. The zero-order chi connectivity index (χ0) is 29.5. The SMILES string of the molecule is CN(C)[C@@H]1C(=O)C(C(N)=O)=C(O)[C@@]2(O)C(=O)C3=C(O)c4c(cc5cccnc5c4O)[C@H](c4ccc(F)cc4)[C@H]3C[C@@H]12. The Morgan fingerprint density at radius 2 is 1.80 bits per heavy atom. The molecule has 0 aliphatic heterocycles. The van der Waals surface area contributed by atoms with Crippen molar-refractivity contribution in [1.29, 1.82) is 0 Å². The molecule has 3 aliphatic rings. The summed E-state index contributed by atoms with van der Waals surface area (Å²) in [5.74, 6) is -8.86. The molecular weight excluding hydrogens is 533 g/mol. The first-order chi connectivity index (χ1) is 19.4. The Hall–Kier alpha value is -4.61. The Bertz CT molecular complexity index is 1750. The zero-order valence-corrected chi connectivity index (χ0v) is 22.0. The van der Waals surface area contributed by atoms with Gasteiger partial charge in [0.15, 0.2) is 17.1 Å². The largest absolute Gasteiger partial charge is 0.508 e. The fourth-order valence-corrected chi connectivity index (χ4v) is 6.96. The molecule has 0 bridgehead atoms. The van der Waals surface area contributed by atoms with Gasteiger partial charge >= 0.3 is 0 Å². The normalized spacial score (nSPS) is 27.6. The standard InChI is InChI=1S/C30H26FN3O7/c1-34(2)23-17-11-16-18(12-5-7-14(31)8-6-12)15-10-13-4-3-9-33-22(13)25(36)19(15)24(35)20(16)27(38)30(17,41)28(39)21(26(23)37)29(32)40/h3-10,16-18,23,35-36,39,41H,11H2,1-2H3,(H2,32,40)/t16-,17+,18+,23+,30+/m1/s1. The lowest BCUT2D eigenvalue weighted by Gasteiger charge is -2.51. The van der Waals surface area contributed by atoms with E-state index >= 15 is 0 Å². The van der Waals surface area contributed by atoms with Gasteiger partial charge in [-0.1, -0.05) is 18.2 Å². The van der Waals surface area contributed by atoms with Crippen LogP contribution in [0.25, 0.3) is 16.7 Å². The summed E-state index contributed by atoms with van der Waals surface area (Å²) in [4.78, 5) is 45.6. The second-order valence-corrected chi connectivity index (χ2v) is 11.0. The van der Waals surface area contributed by atoms with Crippen molar-refractivity contribution < 1.29 is 39.2 Å². The van der Waals surface area contributed by atoms with E-state index in [1.54, 1.807) is 18.2 Å². The predicted octanol–water partition coefficient (Wildman–Crippen LogP) is 2.24. The number of aromatic nitrogens is 1. The molecular formula is C30H26FN3O7. The third-order valence-corrected chi connectivity index (χ3v) is 8.66. The topological polar surface area (TPSA) is 174 Å². The van der Waals surface area contributed by atoms with Crippen LogP contribution in [0, 0.1) is 17.7 Å². The quantitative estimate of drug-likeness (QED) is 0.302. The molecule has 210 valence electrons. The summed E-state index contributed by atoms with van der Waals surface area (Å²) >= 11 is 0. The maximum Gasteiger partial charge on any atom is 0.255 e. The summed E-state index contributed by atoms with van der Waals surface area (Å²) in [5.41, 5.74) is 2.46. The van der Waals surface area contributed by atoms with Crippen LogP contribution in [-0.4, -0.2) is 73.5 Å². The minimum atomic E-state index is -2.78. The zero-order valence-electron chi connectivity index (χ0n) is 22.0. The second-order valence-electron chi connectivity index (χ2n) is 11.0. The Kier molecular flexibility index (Phi) is 5.81. The maximum atomic E-state index is 14.3. The molecule has 0 unspecified atom stereocenters. The van der Waals surface area contributed by atoms with Gasteiger partial charge < -0.3 is 26.2 Å². The number of phenols is 1. The van der Waals surface area contributed by atoms with E-state index in [1.807, 2.05) is 0 Å². The van der Waals surface area contributed by atoms with Gasteiger partial charge in [-0.05, 0) is 55.9 Å². The number of hydrogen-bond donors (Lipinski definition) is 5. The molecule has 1 aromatic heterocycles. The molecule has 10 nitrogen and oxygen atoms in total. The van der Waals surface area contributed by atoms with Crippen molar-refractivity contribution >= 4 is 34.1 Å². The van der Waals surface area contributed by atoms with E-state index < -0.39 is 75.5 Å². The summed E-state index contributed by atoms with van der Waals surface area (Å²) < 4.78 is 14.0. The predicted molar refractivity (Wildman–Crippen MR) is 144 cm³/mol. The van der Waals surface area contributed by atoms with Gasteiger partial charge in [0, 0.05) is 34.9 Å². The first-order valence-electron chi connectivity index (χ1n) is 12.9. The lowest BCUT2D eigenvalue weighted by Crippen LogP contribution is -2.66. The van der Waals surface area contributed by atoms with Crippen LogP contribution in [0.4, 0.5) is 4.39 Å². The van der Waals surface area contributed by atoms with E-state index in [0.29, 0.717) is 16.5 Å². The van der Waals surface area contributed by atoms with Crippen LogP contribution in [0.2, 0.25) is 0 Å². The molecule has 11 heteroatoms. The Morgan fingerprint density at radius 3 is 2.44 bits per heavy atom. The third kappa shape index (κ3) is 3.49. The molecule has 5 atom stereocenters. The van der Waals surface area contributed by atoms with Crippen molar-refractivity contribution in [3.8, 4) is 5.75 Å². The molecule has 1 heterocycles. The van der Waals surface area contributed by atoms with E-state index in [-0.39, 0.29) is 23.1 Å². The van der Waals surface area contributed by atoms with Gasteiger partial charge in [0.2, 0.25) is 5.78 Å².